The van der Waals surface area contributed by atoms with Crippen molar-refractivity contribution in [2.24, 2.45) is 0 Å². The molecule has 7 heavy (non-hydrogen) atoms. The molecule has 44 valence electrons. The summed E-state index contributed by atoms with van der Waals surface area (Å²) in [4.78, 5) is 0. The zero-order valence-corrected chi connectivity index (χ0v) is 6.31. The van der Waals surface area contributed by atoms with Crippen LogP contribution in [0.2, 0.25) is 0 Å². The van der Waals surface area contributed by atoms with Crippen molar-refractivity contribution in [1.82, 2.24) is 4.67 Å². The average Bonchev–Trinajstić information content (AvgIpc) is 1.31. The van der Waals surface area contributed by atoms with Gasteiger partial charge in [0.1, 0.15) is 0 Å². The Morgan fingerprint density at radius 2 is 1.86 bits per heavy atom. The summed E-state index contributed by atoms with van der Waals surface area (Å²) in [6.07, 6.45) is 0. The predicted octanol–water partition coefficient (Wildman–Crippen LogP) is 1.50. The van der Waals surface area contributed by atoms with Crippen LogP contribution in [0.15, 0.2) is 0 Å². The van der Waals surface area contributed by atoms with Crippen molar-refractivity contribution in [2.75, 3.05) is 14.1 Å². The first-order chi connectivity index (χ1) is 2.94. The molecule has 0 N–H and O–H groups in total. The highest BCUT2D eigenvalue weighted by Crippen LogP contribution is 2.57. The van der Waals surface area contributed by atoms with Gasteiger partial charge in [0.15, 0.2) is 0 Å². The molecule has 0 aromatic heterocycles. The van der Waals surface area contributed by atoms with Crippen molar-refractivity contribution in [3.05, 3.63) is 0 Å². The van der Waals surface area contributed by atoms with Crippen molar-refractivity contribution in [3.63, 3.8) is 0 Å². The monoisotopic (exact) mass is 143 g/mol. The molecule has 0 spiro atoms. The van der Waals surface area contributed by atoms with Gasteiger partial charge in [0.2, 0.25) is 0 Å². The van der Waals surface area contributed by atoms with E-state index in [4.69, 9.17) is 0 Å². The van der Waals surface area contributed by atoms with Crippen LogP contribution in [0.1, 0.15) is 0 Å². The molecule has 2 atom stereocenters. The van der Waals surface area contributed by atoms with Gasteiger partial charge in [-0.15, -0.1) is 0 Å². The third kappa shape index (κ3) is 3.16. The van der Waals surface area contributed by atoms with Crippen LogP contribution >= 0.6 is 16.2 Å². The summed E-state index contributed by atoms with van der Waals surface area (Å²) >= 11 is 0. The first-order valence-electron chi connectivity index (χ1n) is 1.70. The van der Waals surface area contributed by atoms with E-state index in [1.165, 1.54) is 14.1 Å². The van der Waals surface area contributed by atoms with Crippen LogP contribution in [-0.4, -0.2) is 18.8 Å². The van der Waals surface area contributed by atoms with Crippen LogP contribution in [-0.2, 0) is 4.57 Å². The molecule has 0 saturated heterocycles. The third-order valence-electron chi connectivity index (χ3n) is 0.545. The quantitative estimate of drug-likeness (QED) is 0.518. The van der Waals surface area contributed by atoms with E-state index in [2.05, 4.69) is 0 Å². The van der Waals surface area contributed by atoms with Gasteiger partial charge in [-0.3, -0.25) is 4.57 Å². The minimum absolute atomic E-state index is 1.04. The van der Waals surface area contributed by atoms with E-state index < -0.39 is 7.29 Å². The number of rotatable bonds is 1. The number of halogens is 1. The molecule has 0 aliphatic rings. The number of nitrogens with zero attached hydrogens (tertiary/aromatic N) is 1. The number of hydrogen-bond acceptors (Lipinski definition) is 1. The fourth-order valence-corrected chi connectivity index (χ4v) is 0. The number of hydrogen-bond donors (Lipinski definition) is 0. The minimum Gasteiger partial charge on any atom is -0.266 e. The second-order valence-electron chi connectivity index (χ2n) is 1.39. The molecule has 0 radical (unpaired) electrons. The van der Waals surface area contributed by atoms with Gasteiger partial charge in [-0.05, 0) is 23.0 Å². The first-order valence-corrected chi connectivity index (χ1v) is 4.87. The molecule has 0 saturated carbocycles. The highest BCUT2D eigenvalue weighted by atomic mass is 32.1. The van der Waals surface area contributed by atoms with Gasteiger partial charge in [0.05, 0.1) is 0 Å². The maximum Gasteiger partial charge on any atom is 0.322 e. The molecule has 0 aromatic rings. The average molecular weight is 143 g/mol. The molecular weight excluding hydrogens is 135 g/mol. The molecule has 2 unspecified atom stereocenters. The highest BCUT2D eigenvalue weighted by Gasteiger charge is 2.13. The Hall–Kier alpha value is 0.550. The lowest BCUT2D eigenvalue weighted by Gasteiger charge is -2.08. The van der Waals surface area contributed by atoms with Gasteiger partial charge in [0.25, 0.3) is 0 Å². The molecule has 0 heterocycles. The largest absolute Gasteiger partial charge is 0.322 e. The summed E-state index contributed by atoms with van der Waals surface area (Å²) in [5.41, 5.74) is 0. The Morgan fingerprint density at radius 3 is 1.86 bits per heavy atom. The van der Waals surface area contributed by atoms with E-state index in [0.717, 1.165) is 4.67 Å². The van der Waals surface area contributed by atoms with E-state index >= 15 is 0 Å². The molecule has 0 rings (SSSR count). The lowest BCUT2D eigenvalue weighted by Crippen LogP contribution is -1.99. The van der Waals surface area contributed by atoms with Crippen LogP contribution < -0.4 is 0 Å². The van der Waals surface area contributed by atoms with E-state index in [1.807, 2.05) is 0 Å². The fraction of sp³-hybridized carbons (Fsp3) is 1.00. The van der Waals surface area contributed by atoms with Crippen LogP contribution in [0.5, 0.6) is 0 Å². The van der Waals surface area contributed by atoms with Gasteiger partial charge < -0.3 is 0 Å². The van der Waals surface area contributed by atoms with Gasteiger partial charge >= 0.3 is 7.29 Å². The topological polar surface area (TPSA) is 20.3 Å². The Bertz CT molecular complexity index is 97.9. The summed E-state index contributed by atoms with van der Waals surface area (Å²) in [6, 6.07) is 0. The zero-order chi connectivity index (χ0) is 6.08. The zero-order valence-electron chi connectivity index (χ0n) is 4.26. The van der Waals surface area contributed by atoms with Crippen LogP contribution in [0.3, 0.4) is 0 Å². The normalized spacial score (nSPS) is 19.6. The van der Waals surface area contributed by atoms with E-state index in [9.17, 15) is 8.76 Å². The van der Waals surface area contributed by atoms with Gasteiger partial charge in [-0.2, -0.15) is 4.20 Å². The third-order valence-corrected chi connectivity index (χ3v) is 3.02. The lowest BCUT2D eigenvalue weighted by atomic mass is 11.3. The van der Waals surface area contributed by atoms with Crippen molar-refractivity contribution in [2.45, 2.75) is 0 Å². The molecule has 2 nitrogen and oxygen atoms in total. The van der Waals surface area contributed by atoms with Crippen molar-refractivity contribution in [3.8, 4) is 0 Å². The highest BCUT2D eigenvalue weighted by molar-refractivity contribution is 8.13. The Morgan fingerprint density at radius 1 is 1.71 bits per heavy atom. The predicted molar refractivity (Wildman–Crippen MR) is 32.1 cm³/mol. The SMILES string of the molecule is CN(C)P(=O)(F)P. The van der Waals surface area contributed by atoms with E-state index in [1.54, 1.807) is 8.93 Å². The molecule has 0 fully saturated rings. The molecule has 0 bridgehead atoms. The molecule has 0 aliphatic heterocycles. The Balaban J connectivity index is 3.80. The molecule has 0 aliphatic carbocycles. The smallest absolute Gasteiger partial charge is 0.266 e. The van der Waals surface area contributed by atoms with Crippen LogP contribution in [0, 0.1) is 0 Å². The summed E-state index contributed by atoms with van der Waals surface area (Å²) in [6.45, 7) is 0. The molecular formula is C2H8FNOP2. The maximum absolute atomic E-state index is 12.0. The molecule has 0 aromatic carbocycles. The maximum atomic E-state index is 12.0. The standard InChI is InChI=1S/C2H8FNOP2/c1-4(2)7(3,5)6/h6H2,1-2H3. The first kappa shape index (κ1) is 7.55. The second-order valence-corrected chi connectivity index (χ2v) is 5.19. The Kier molecular flexibility index (Phi) is 2.39. The Labute approximate surface area is 44.7 Å². The summed E-state index contributed by atoms with van der Waals surface area (Å²) in [7, 11) is 1.01. The molecule has 5 heteroatoms. The van der Waals surface area contributed by atoms with E-state index in [-0.39, 0.29) is 0 Å². The van der Waals surface area contributed by atoms with Gasteiger partial charge in [-0.25, -0.2) is 4.67 Å². The van der Waals surface area contributed by atoms with Crippen molar-refractivity contribution in [1.29, 1.82) is 0 Å². The summed E-state index contributed by atoms with van der Waals surface area (Å²) in [5, 5.41) is 0. The van der Waals surface area contributed by atoms with Crippen LogP contribution in [0.4, 0.5) is 4.20 Å². The van der Waals surface area contributed by atoms with Crippen molar-refractivity contribution >= 4 is 16.2 Å². The van der Waals surface area contributed by atoms with Crippen molar-refractivity contribution < 1.29 is 8.76 Å². The summed E-state index contributed by atoms with van der Waals surface area (Å²) in [5.74, 6) is 0. The van der Waals surface area contributed by atoms with Gasteiger partial charge in [-0.1, -0.05) is 0 Å². The lowest BCUT2D eigenvalue weighted by molar-refractivity contribution is 0.489. The van der Waals surface area contributed by atoms with E-state index in [0.29, 0.717) is 0 Å². The summed E-state index contributed by atoms with van der Waals surface area (Å²) < 4.78 is 23.1. The second kappa shape index (κ2) is 2.21. The minimum atomic E-state index is -3.49. The van der Waals surface area contributed by atoms with Gasteiger partial charge in [0, 0.05) is 0 Å². The van der Waals surface area contributed by atoms with Crippen LogP contribution in [0.25, 0.3) is 0 Å². The molecule has 0 amide bonds. The fourth-order valence-electron chi connectivity index (χ4n) is 0.